The highest BCUT2D eigenvalue weighted by molar-refractivity contribution is 6.09. The highest BCUT2D eigenvalue weighted by atomic mass is 16.6. The molecule has 2 heterocycles. The molecule has 0 aliphatic carbocycles. The molecule has 104 valence electrons. The molecule has 0 radical (unpaired) electrons. The average Bonchev–Trinajstić information content (AvgIpc) is 2.85. The molecule has 0 unspecified atom stereocenters. The van der Waals surface area contributed by atoms with Crippen molar-refractivity contribution in [1.82, 2.24) is 4.98 Å². The third kappa shape index (κ3) is 2.20. The molecule has 2 N–H and O–H groups in total. The average molecular weight is 275 g/mol. The van der Waals surface area contributed by atoms with Crippen molar-refractivity contribution in [2.24, 2.45) is 0 Å². The summed E-state index contributed by atoms with van der Waals surface area (Å²) in [6.07, 6.45) is 1.41. The number of ketones is 1. The second-order valence-corrected chi connectivity index (χ2v) is 4.56. The topological polar surface area (TPSA) is 88.6 Å². The van der Waals surface area contributed by atoms with E-state index in [1.165, 1.54) is 0 Å². The summed E-state index contributed by atoms with van der Waals surface area (Å²) < 4.78 is 11.0. The van der Waals surface area contributed by atoms with E-state index in [0.29, 0.717) is 30.3 Å². The van der Waals surface area contributed by atoms with Gasteiger partial charge in [-0.25, -0.2) is 0 Å². The number of Topliss-reactive ketones (excluding diaryl/α,β-unsaturated/α-hetero) is 1. The number of benzene rings is 1. The van der Waals surface area contributed by atoms with Crippen molar-refractivity contribution >= 4 is 22.7 Å². The van der Waals surface area contributed by atoms with E-state index in [9.17, 15) is 9.59 Å². The fraction of sp³-hybridized carbons (Fsp3) is 0.286. The SMILES string of the molecule is O=C(O)CCC(=O)c1c[nH]c2cc3c(cc12)OCCO3. The summed E-state index contributed by atoms with van der Waals surface area (Å²) in [6.45, 7) is 0.981. The molecule has 1 aromatic heterocycles. The van der Waals surface area contributed by atoms with Crippen molar-refractivity contribution in [3.05, 3.63) is 23.9 Å². The zero-order valence-electron chi connectivity index (χ0n) is 10.6. The minimum atomic E-state index is -0.979. The standard InChI is InChI=1S/C14H13NO5/c16-11(1-2-14(17)18)9-7-15-10-6-13-12(5-8(9)10)19-3-4-20-13/h5-7,15H,1-4H2,(H,17,18). The molecular weight excluding hydrogens is 262 g/mol. The van der Waals surface area contributed by atoms with Crippen molar-refractivity contribution in [3.8, 4) is 11.5 Å². The zero-order valence-corrected chi connectivity index (χ0v) is 10.6. The van der Waals surface area contributed by atoms with Gasteiger partial charge in [0.25, 0.3) is 0 Å². The number of aromatic amines is 1. The molecule has 20 heavy (non-hydrogen) atoms. The summed E-state index contributed by atoms with van der Waals surface area (Å²) in [5.41, 5.74) is 1.26. The van der Waals surface area contributed by atoms with Crippen LogP contribution in [0.3, 0.4) is 0 Å². The van der Waals surface area contributed by atoms with Gasteiger partial charge in [0.2, 0.25) is 0 Å². The van der Waals surface area contributed by atoms with E-state index in [1.807, 2.05) is 0 Å². The van der Waals surface area contributed by atoms with Crippen LogP contribution in [0.5, 0.6) is 11.5 Å². The van der Waals surface area contributed by atoms with Gasteiger partial charge in [-0.15, -0.1) is 0 Å². The normalized spacial score (nSPS) is 13.4. The number of aliphatic carboxylic acids is 1. The number of carboxylic acids is 1. The van der Waals surface area contributed by atoms with Gasteiger partial charge in [0, 0.05) is 29.6 Å². The van der Waals surface area contributed by atoms with Gasteiger partial charge in [0.05, 0.1) is 11.9 Å². The number of rotatable bonds is 4. The monoisotopic (exact) mass is 275 g/mol. The van der Waals surface area contributed by atoms with Crippen LogP contribution in [0.4, 0.5) is 0 Å². The molecule has 6 nitrogen and oxygen atoms in total. The van der Waals surface area contributed by atoms with Crippen LogP contribution in [0.2, 0.25) is 0 Å². The van der Waals surface area contributed by atoms with Crippen molar-refractivity contribution in [2.45, 2.75) is 12.8 Å². The predicted molar refractivity (Wildman–Crippen MR) is 70.5 cm³/mol. The molecule has 2 aromatic rings. The summed E-state index contributed by atoms with van der Waals surface area (Å²) >= 11 is 0. The van der Waals surface area contributed by atoms with Crippen LogP contribution in [0.1, 0.15) is 23.2 Å². The Morgan fingerprint density at radius 3 is 2.55 bits per heavy atom. The molecule has 1 aromatic carbocycles. The first-order chi connectivity index (χ1) is 9.65. The second kappa shape index (κ2) is 4.88. The Kier molecular flexibility index (Phi) is 3.06. The summed E-state index contributed by atoms with van der Waals surface area (Å²) in [5.74, 6) is 0.0772. The Morgan fingerprint density at radius 1 is 1.15 bits per heavy atom. The van der Waals surface area contributed by atoms with Gasteiger partial charge in [-0.3, -0.25) is 9.59 Å². The van der Waals surface area contributed by atoms with Crippen LogP contribution in [-0.4, -0.2) is 35.1 Å². The van der Waals surface area contributed by atoms with Gasteiger partial charge in [0.15, 0.2) is 17.3 Å². The third-order valence-electron chi connectivity index (χ3n) is 3.21. The maximum Gasteiger partial charge on any atom is 0.303 e. The highest BCUT2D eigenvalue weighted by Gasteiger charge is 2.18. The van der Waals surface area contributed by atoms with Crippen molar-refractivity contribution in [1.29, 1.82) is 0 Å². The largest absolute Gasteiger partial charge is 0.486 e. The van der Waals surface area contributed by atoms with Crippen LogP contribution < -0.4 is 9.47 Å². The Bertz CT molecular complexity index is 688. The first-order valence-electron chi connectivity index (χ1n) is 6.31. The molecule has 0 saturated heterocycles. The van der Waals surface area contributed by atoms with Crippen molar-refractivity contribution < 1.29 is 24.2 Å². The number of carboxylic acid groups (broad SMARTS) is 1. The highest BCUT2D eigenvalue weighted by Crippen LogP contribution is 2.35. The summed E-state index contributed by atoms with van der Waals surface area (Å²) in [4.78, 5) is 25.6. The number of ether oxygens (including phenoxy) is 2. The van der Waals surface area contributed by atoms with E-state index in [4.69, 9.17) is 14.6 Å². The molecule has 0 amide bonds. The first-order valence-corrected chi connectivity index (χ1v) is 6.31. The van der Waals surface area contributed by atoms with Crippen LogP contribution in [0.25, 0.3) is 10.9 Å². The van der Waals surface area contributed by atoms with E-state index in [0.717, 1.165) is 10.9 Å². The van der Waals surface area contributed by atoms with Gasteiger partial charge >= 0.3 is 5.97 Å². The summed E-state index contributed by atoms with van der Waals surface area (Å²) in [7, 11) is 0. The number of carbonyl (C=O) groups excluding carboxylic acids is 1. The minimum Gasteiger partial charge on any atom is -0.486 e. The molecule has 0 spiro atoms. The lowest BCUT2D eigenvalue weighted by Gasteiger charge is -2.18. The third-order valence-corrected chi connectivity index (χ3v) is 3.21. The van der Waals surface area contributed by atoms with Crippen LogP contribution in [0.15, 0.2) is 18.3 Å². The molecule has 1 aliphatic heterocycles. The minimum absolute atomic E-state index is 0.0171. The number of aromatic nitrogens is 1. The van der Waals surface area contributed by atoms with Crippen LogP contribution in [0, 0.1) is 0 Å². The number of H-pyrrole nitrogens is 1. The van der Waals surface area contributed by atoms with Crippen LogP contribution >= 0.6 is 0 Å². The maximum atomic E-state index is 12.0. The van der Waals surface area contributed by atoms with Gasteiger partial charge < -0.3 is 19.6 Å². The van der Waals surface area contributed by atoms with E-state index < -0.39 is 5.97 Å². The number of nitrogens with one attached hydrogen (secondary N) is 1. The Hall–Kier alpha value is -2.50. The Balaban J connectivity index is 1.96. The lowest BCUT2D eigenvalue weighted by Crippen LogP contribution is -2.15. The molecule has 0 atom stereocenters. The van der Waals surface area contributed by atoms with Gasteiger partial charge in [-0.05, 0) is 6.07 Å². The fourth-order valence-electron chi connectivity index (χ4n) is 2.24. The number of fused-ring (bicyclic) bond motifs is 2. The maximum absolute atomic E-state index is 12.0. The first kappa shape index (κ1) is 12.5. The molecular formula is C14H13NO5. The van der Waals surface area contributed by atoms with Crippen LogP contribution in [-0.2, 0) is 4.79 Å². The molecule has 6 heteroatoms. The quantitative estimate of drug-likeness (QED) is 0.833. The molecule has 0 fully saturated rings. The lowest BCUT2D eigenvalue weighted by atomic mass is 10.1. The van der Waals surface area contributed by atoms with E-state index >= 15 is 0 Å². The van der Waals surface area contributed by atoms with E-state index in [-0.39, 0.29) is 18.6 Å². The molecule has 0 bridgehead atoms. The Labute approximate surface area is 114 Å². The molecule has 3 rings (SSSR count). The summed E-state index contributed by atoms with van der Waals surface area (Å²) in [6, 6.07) is 3.55. The van der Waals surface area contributed by atoms with Gasteiger partial charge in [-0.2, -0.15) is 0 Å². The van der Waals surface area contributed by atoms with Gasteiger partial charge in [0.1, 0.15) is 13.2 Å². The fourth-order valence-corrected chi connectivity index (χ4v) is 2.24. The second-order valence-electron chi connectivity index (χ2n) is 4.56. The van der Waals surface area contributed by atoms with Crippen molar-refractivity contribution in [2.75, 3.05) is 13.2 Å². The van der Waals surface area contributed by atoms with E-state index in [1.54, 1.807) is 18.3 Å². The summed E-state index contributed by atoms with van der Waals surface area (Å²) in [5, 5.41) is 9.36. The number of hydrogen-bond acceptors (Lipinski definition) is 4. The molecule has 1 aliphatic rings. The van der Waals surface area contributed by atoms with Gasteiger partial charge in [-0.1, -0.05) is 0 Å². The zero-order chi connectivity index (χ0) is 14.1. The Morgan fingerprint density at radius 2 is 1.85 bits per heavy atom. The van der Waals surface area contributed by atoms with E-state index in [2.05, 4.69) is 4.98 Å². The molecule has 0 saturated carbocycles. The number of carbonyl (C=O) groups is 2. The lowest BCUT2D eigenvalue weighted by molar-refractivity contribution is -0.136. The smallest absolute Gasteiger partial charge is 0.303 e. The predicted octanol–water partition coefficient (Wildman–Crippen LogP) is 1.99. The number of hydrogen-bond donors (Lipinski definition) is 2. The van der Waals surface area contributed by atoms with Crippen molar-refractivity contribution in [3.63, 3.8) is 0 Å².